The molecule has 7 nitrogen and oxygen atoms in total. The summed E-state index contributed by atoms with van der Waals surface area (Å²) in [5.41, 5.74) is 1.33. The zero-order chi connectivity index (χ0) is 17.7. The molecule has 0 saturated carbocycles. The predicted octanol–water partition coefficient (Wildman–Crippen LogP) is 1.11. The Bertz CT molecular complexity index is 731. The summed E-state index contributed by atoms with van der Waals surface area (Å²) in [4.78, 5) is 24.7. The minimum atomic E-state index is -3.67. The van der Waals surface area contributed by atoms with E-state index in [-0.39, 0.29) is 29.7 Å². The SMILES string of the molecule is CCCCN(CCNS(=O)(=O)c1ccc2c(c1)CC(=O)N2)C(C)=O. The van der Waals surface area contributed by atoms with Gasteiger partial charge in [-0.25, -0.2) is 13.1 Å². The molecule has 1 heterocycles. The molecule has 0 saturated heterocycles. The van der Waals surface area contributed by atoms with Crippen molar-refractivity contribution in [2.45, 2.75) is 38.0 Å². The van der Waals surface area contributed by atoms with Crippen molar-refractivity contribution in [2.75, 3.05) is 25.0 Å². The Morgan fingerprint density at radius 1 is 1.33 bits per heavy atom. The van der Waals surface area contributed by atoms with Crippen LogP contribution in [0.4, 0.5) is 5.69 Å². The van der Waals surface area contributed by atoms with Crippen molar-refractivity contribution in [2.24, 2.45) is 0 Å². The first-order valence-electron chi connectivity index (χ1n) is 8.01. The quantitative estimate of drug-likeness (QED) is 0.732. The average Bonchev–Trinajstić information content (AvgIpc) is 2.89. The molecule has 2 N–H and O–H groups in total. The molecule has 0 fully saturated rings. The fourth-order valence-corrected chi connectivity index (χ4v) is 3.62. The van der Waals surface area contributed by atoms with Crippen molar-refractivity contribution < 1.29 is 18.0 Å². The second-order valence-electron chi connectivity index (χ2n) is 5.80. The Kier molecular flexibility index (Phi) is 5.95. The van der Waals surface area contributed by atoms with Gasteiger partial charge in [-0.1, -0.05) is 13.3 Å². The van der Waals surface area contributed by atoms with E-state index in [1.165, 1.54) is 19.1 Å². The van der Waals surface area contributed by atoms with Crippen LogP contribution in [0.25, 0.3) is 0 Å². The lowest BCUT2D eigenvalue weighted by atomic mass is 10.2. The number of benzene rings is 1. The molecule has 0 unspecified atom stereocenters. The second kappa shape index (κ2) is 7.76. The monoisotopic (exact) mass is 353 g/mol. The van der Waals surface area contributed by atoms with Gasteiger partial charge in [0.05, 0.1) is 11.3 Å². The van der Waals surface area contributed by atoms with E-state index in [2.05, 4.69) is 10.0 Å². The van der Waals surface area contributed by atoms with Gasteiger partial charge in [0.2, 0.25) is 21.8 Å². The van der Waals surface area contributed by atoms with Crippen molar-refractivity contribution >= 4 is 27.5 Å². The Balaban J connectivity index is 1.98. The van der Waals surface area contributed by atoms with Crippen LogP contribution in [0.3, 0.4) is 0 Å². The van der Waals surface area contributed by atoms with Crippen LogP contribution in [0.2, 0.25) is 0 Å². The van der Waals surface area contributed by atoms with Gasteiger partial charge >= 0.3 is 0 Å². The van der Waals surface area contributed by atoms with E-state index in [0.29, 0.717) is 24.3 Å². The molecule has 1 aromatic carbocycles. The lowest BCUT2D eigenvalue weighted by Gasteiger charge is -2.21. The van der Waals surface area contributed by atoms with Gasteiger partial charge in [-0.05, 0) is 30.2 Å². The number of carbonyl (C=O) groups excluding carboxylic acids is 2. The first-order chi connectivity index (χ1) is 11.3. The van der Waals surface area contributed by atoms with Crippen LogP contribution in [0.5, 0.6) is 0 Å². The summed E-state index contributed by atoms with van der Waals surface area (Å²) in [7, 11) is -3.67. The molecule has 1 aromatic rings. The van der Waals surface area contributed by atoms with Crippen LogP contribution < -0.4 is 10.0 Å². The first-order valence-corrected chi connectivity index (χ1v) is 9.49. The number of anilines is 1. The first kappa shape index (κ1) is 18.4. The molecule has 2 rings (SSSR count). The molecule has 1 aliphatic rings. The normalized spacial score (nSPS) is 13.5. The van der Waals surface area contributed by atoms with Crippen LogP contribution in [-0.4, -0.2) is 44.8 Å². The number of nitrogens with one attached hydrogen (secondary N) is 2. The number of nitrogens with zero attached hydrogens (tertiary/aromatic N) is 1. The molecule has 0 bridgehead atoms. The number of hydrogen-bond acceptors (Lipinski definition) is 4. The summed E-state index contributed by atoms with van der Waals surface area (Å²) in [5.74, 6) is -0.203. The van der Waals surface area contributed by atoms with Crippen molar-refractivity contribution in [3.05, 3.63) is 23.8 Å². The standard InChI is InChI=1S/C16H23N3O4S/c1-3-4-8-19(12(2)20)9-7-17-24(22,23)14-5-6-15-13(10-14)11-16(21)18-15/h5-6,10,17H,3-4,7-9,11H2,1-2H3,(H,18,21). The van der Waals surface area contributed by atoms with E-state index < -0.39 is 10.0 Å². The highest BCUT2D eigenvalue weighted by Gasteiger charge is 2.21. The van der Waals surface area contributed by atoms with Gasteiger partial charge in [0.15, 0.2) is 0 Å². The highest BCUT2D eigenvalue weighted by molar-refractivity contribution is 7.89. The van der Waals surface area contributed by atoms with E-state index in [1.54, 1.807) is 11.0 Å². The highest BCUT2D eigenvalue weighted by Crippen LogP contribution is 2.25. The third-order valence-electron chi connectivity index (χ3n) is 3.91. The highest BCUT2D eigenvalue weighted by atomic mass is 32.2. The minimum absolute atomic E-state index is 0.0650. The maximum Gasteiger partial charge on any atom is 0.240 e. The molecule has 2 amide bonds. The van der Waals surface area contributed by atoms with Crippen LogP contribution in [0.15, 0.2) is 23.1 Å². The largest absolute Gasteiger partial charge is 0.342 e. The van der Waals surface area contributed by atoms with Gasteiger partial charge in [0, 0.05) is 32.2 Å². The molecular formula is C16H23N3O4S. The van der Waals surface area contributed by atoms with Crippen molar-refractivity contribution in [1.29, 1.82) is 0 Å². The maximum absolute atomic E-state index is 12.4. The fraction of sp³-hybridized carbons (Fsp3) is 0.500. The summed E-state index contributed by atoms with van der Waals surface area (Å²) in [6.45, 7) is 4.63. The van der Waals surface area contributed by atoms with Crippen molar-refractivity contribution in [1.82, 2.24) is 9.62 Å². The summed E-state index contributed by atoms with van der Waals surface area (Å²) in [6.07, 6.45) is 2.05. The average molecular weight is 353 g/mol. The number of unbranched alkanes of at least 4 members (excludes halogenated alkanes) is 1. The minimum Gasteiger partial charge on any atom is -0.342 e. The van der Waals surface area contributed by atoms with Gasteiger partial charge in [0.1, 0.15) is 0 Å². The molecule has 1 aliphatic heterocycles. The number of carbonyl (C=O) groups is 2. The Labute approximate surface area is 142 Å². The molecule has 0 atom stereocenters. The Morgan fingerprint density at radius 2 is 2.08 bits per heavy atom. The third kappa shape index (κ3) is 4.55. The number of rotatable bonds is 8. The smallest absolute Gasteiger partial charge is 0.240 e. The zero-order valence-corrected chi connectivity index (χ0v) is 14.8. The zero-order valence-electron chi connectivity index (χ0n) is 14.0. The van der Waals surface area contributed by atoms with E-state index in [4.69, 9.17) is 0 Å². The topological polar surface area (TPSA) is 95.6 Å². The molecule has 132 valence electrons. The van der Waals surface area contributed by atoms with E-state index in [9.17, 15) is 18.0 Å². The molecular weight excluding hydrogens is 330 g/mol. The number of hydrogen-bond donors (Lipinski definition) is 2. The molecule has 0 aliphatic carbocycles. The van der Waals surface area contributed by atoms with E-state index >= 15 is 0 Å². The van der Waals surface area contributed by atoms with Gasteiger partial charge in [-0.3, -0.25) is 9.59 Å². The summed E-state index contributed by atoms with van der Waals surface area (Å²) >= 11 is 0. The van der Waals surface area contributed by atoms with Crippen LogP contribution in [0, 0.1) is 0 Å². The number of sulfonamides is 1. The molecule has 0 radical (unpaired) electrons. The van der Waals surface area contributed by atoms with Gasteiger partial charge < -0.3 is 10.2 Å². The Morgan fingerprint density at radius 3 is 2.75 bits per heavy atom. The lowest BCUT2D eigenvalue weighted by molar-refractivity contribution is -0.128. The van der Waals surface area contributed by atoms with Gasteiger partial charge in [-0.2, -0.15) is 0 Å². The summed E-state index contributed by atoms with van der Waals surface area (Å²) in [6, 6.07) is 4.57. The van der Waals surface area contributed by atoms with Crippen molar-refractivity contribution in [3.63, 3.8) is 0 Å². The van der Waals surface area contributed by atoms with Gasteiger partial charge in [-0.15, -0.1) is 0 Å². The molecule has 0 aromatic heterocycles. The summed E-state index contributed by atoms with van der Waals surface area (Å²) < 4.78 is 27.2. The number of fused-ring (bicyclic) bond motifs is 1. The van der Waals surface area contributed by atoms with E-state index in [1.807, 2.05) is 6.92 Å². The molecule has 8 heteroatoms. The fourth-order valence-electron chi connectivity index (χ4n) is 2.55. The van der Waals surface area contributed by atoms with E-state index in [0.717, 1.165) is 12.8 Å². The van der Waals surface area contributed by atoms with Crippen molar-refractivity contribution in [3.8, 4) is 0 Å². The lowest BCUT2D eigenvalue weighted by Crippen LogP contribution is -2.38. The summed E-state index contributed by atoms with van der Waals surface area (Å²) in [5, 5.41) is 2.67. The number of amides is 2. The third-order valence-corrected chi connectivity index (χ3v) is 5.37. The van der Waals surface area contributed by atoms with Crippen LogP contribution >= 0.6 is 0 Å². The molecule has 0 spiro atoms. The second-order valence-corrected chi connectivity index (χ2v) is 7.57. The Hall–Kier alpha value is -1.93. The maximum atomic E-state index is 12.4. The van der Waals surface area contributed by atoms with Gasteiger partial charge in [0.25, 0.3) is 0 Å². The predicted molar refractivity (Wildman–Crippen MR) is 91.1 cm³/mol. The van der Waals surface area contributed by atoms with Crippen LogP contribution in [-0.2, 0) is 26.0 Å². The molecule has 24 heavy (non-hydrogen) atoms. The van der Waals surface area contributed by atoms with Crippen LogP contribution in [0.1, 0.15) is 32.3 Å².